The topological polar surface area (TPSA) is 0 Å². The van der Waals surface area contributed by atoms with Crippen LogP contribution in [0.4, 0.5) is 0 Å². The summed E-state index contributed by atoms with van der Waals surface area (Å²) in [5.41, 5.74) is 9.85. The van der Waals surface area contributed by atoms with E-state index in [-0.39, 0.29) is 34.0 Å². The zero-order valence-corrected chi connectivity index (χ0v) is 42.7. The molecule has 0 bridgehead atoms. The van der Waals surface area contributed by atoms with E-state index in [1.54, 1.807) is 0 Å². The average Bonchev–Trinajstić information content (AvgIpc) is 3.41. The lowest BCUT2D eigenvalue weighted by atomic mass is 9.85. The van der Waals surface area contributed by atoms with Crippen LogP contribution < -0.4 is 65.8 Å². The lowest BCUT2D eigenvalue weighted by Gasteiger charge is -2.28. The fourth-order valence-electron chi connectivity index (χ4n) is 9.76. The van der Waals surface area contributed by atoms with Gasteiger partial charge in [-0.1, -0.05) is 218 Å². The molecule has 0 aliphatic rings. The molecule has 0 spiro atoms. The predicted molar refractivity (Wildman–Crippen MR) is 288 cm³/mol. The van der Waals surface area contributed by atoms with E-state index in [2.05, 4.69) is 291 Å². The summed E-state index contributed by atoms with van der Waals surface area (Å²) < 4.78 is 0. The number of hydrogen-bond acceptors (Lipinski definition) is 0. The maximum Gasteiger partial charge on any atom is 0.116 e. The molecule has 0 saturated carbocycles. The van der Waals surface area contributed by atoms with Crippen molar-refractivity contribution >= 4 is 57.5 Å². The Kier molecular flexibility index (Phi) is 16.1. The molecule has 0 fully saturated rings. The van der Waals surface area contributed by atoms with E-state index in [1.807, 2.05) is 0 Å². The zero-order valence-electron chi connectivity index (χ0n) is 37.8. The largest absolute Gasteiger partial charge is 1.00 e. The highest BCUT2D eigenvalue weighted by atomic mass is 79.9. The maximum absolute atomic E-state index is 2.38. The maximum atomic E-state index is 2.38. The van der Waals surface area contributed by atoms with Gasteiger partial charge in [-0.25, -0.2) is 0 Å². The zero-order chi connectivity index (χ0) is 44.4. The van der Waals surface area contributed by atoms with Crippen LogP contribution in [0.2, 0.25) is 0 Å². The Labute approximate surface area is 425 Å². The van der Waals surface area contributed by atoms with Crippen LogP contribution in [0.1, 0.15) is 33.4 Å². The molecule has 0 nitrogen and oxygen atoms in total. The third-order valence-corrected chi connectivity index (χ3v) is 21.6. The van der Waals surface area contributed by atoms with E-state index in [0.29, 0.717) is 0 Å². The molecule has 4 heteroatoms. The fourth-order valence-corrected chi connectivity index (χ4v) is 18.2. The summed E-state index contributed by atoms with van der Waals surface area (Å²) in [6.45, 7) is 0. The number of rotatable bonds is 14. The van der Waals surface area contributed by atoms with Crippen LogP contribution >= 0.6 is 14.5 Å². The van der Waals surface area contributed by atoms with Crippen LogP contribution in [-0.2, 0) is 12.3 Å². The van der Waals surface area contributed by atoms with Gasteiger partial charge in [0.25, 0.3) is 0 Å². The second-order valence-corrected chi connectivity index (χ2v) is 23.8. The molecule has 0 amide bonds. The van der Waals surface area contributed by atoms with Gasteiger partial charge in [0, 0.05) is 0 Å². The molecule has 10 aromatic rings. The first kappa shape index (κ1) is 48.2. The van der Waals surface area contributed by atoms with Crippen LogP contribution in [-0.4, -0.2) is 0 Å². The summed E-state index contributed by atoms with van der Waals surface area (Å²) in [6, 6.07) is 108. The van der Waals surface area contributed by atoms with Crippen LogP contribution in [0, 0.1) is 0 Å². The molecule has 0 aromatic heterocycles. The van der Waals surface area contributed by atoms with Crippen molar-refractivity contribution < 1.29 is 34.0 Å². The van der Waals surface area contributed by atoms with E-state index in [9.17, 15) is 0 Å². The molecule has 332 valence electrons. The number of hydrogen-bond donors (Lipinski definition) is 0. The van der Waals surface area contributed by atoms with Crippen molar-refractivity contribution in [1.82, 2.24) is 0 Å². The molecule has 0 unspecified atom stereocenters. The second kappa shape index (κ2) is 22.7. The summed E-state index contributed by atoms with van der Waals surface area (Å²) in [4.78, 5) is 0. The first-order chi connectivity index (χ1) is 32.7. The molecule has 0 atom stereocenters. The minimum Gasteiger partial charge on any atom is -1.00 e. The Morgan fingerprint density at radius 2 is 0.382 bits per heavy atom. The SMILES string of the molecule is [Br-].[Br-].c1ccc(/C(=C(/c2ccccc2)c2ccc(C[P+](c3ccccc3)(c3ccccc3)c3ccccc3)cc2)c2ccc(C[P+](c3ccccc3)(c3ccccc3)c3ccccc3)cc2)cc1. The highest BCUT2D eigenvalue weighted by molar-refractivity contribution is 7.95. The van der Waals surface area contributed by atoms with E-state index in [0.717, 1.165) is 12.3 Å². The van der Waals surface area contributed by atoms with Gasteiger partial charge < -0.3 is 34.0 Å². The number of benzene rings is 10. The monoisotopic (exact) mass is 1040 g/mol. The lowest BCUT2D eigenvalue weighted by Crippen LogP contribution is -3.00. The van der Waals surface area contributed by atoms with E-state index in [4.69, 9.17) is 0 Å². The van der Waals surface area contributed by atoms with Crippen LogP contribution in [0.15, 0.2) is 291 Å². The minimum atomic E-state index is -2.08. The summed E-state index contributed by atoms with van der Waals surface area (Å²) in [5, 5.41) is 8.34. The Bertz CT molecular complexity index is 2700. The van der Waals surface area contributed by atoms with Gasteiger partial charge in [-0.3, -0.25) is 0 Å². The third-order valence-electron chi connectivity index (χ3n) is 12.9. The van der Waals surface area contributed by atoms with Crippen LogP contribution in [0.5, 0.6) is 0 Å². The van der Waals surface area contributed by atoms with E-state index >= 15 is 0 Å². The van der Waals surface area contributed by atoms with Gasteiger partial charge in [0.1, 0.15) is 46.4 Å². The van der Waals surface area contributed by atoms with E-state index < -0.39 is 14.5 Å². The number of halogens is 2. The van der Waals surface area contributed by atoms with E-state index in [1.165, 1.54) is 76.4 Å². The quantitative estimate of drug-likeness (QED) is 0.0776. The summed E-state index contributed by atoms with van der Waals surface area (Å²) in [5.74, 6) is 0. The first-order valence-electron chi connectivity index (χ1n) is 22.9. The van der Waals surface area contributed by atoms with Crippen molar-refractivity contribution in [2.75, 3.05) is 0 Å². The van der Waals surface area contributed by atoms with Gasteiger partial charge in [0.15, 0.2) is 0 Å². The Hall–Kier alpha value is -6.24. The lowest BCUT2D eigenvalue weighted by molar-refractivity contribution is -0.001000. The normalized spacial score (nSPS) is 11.6. The van der Waals surface area contributed by atoms with Gasteiger partial charge in [0.05, 0.1) is 12.3 Å². The van der Waals surface area contributed by atoms with Gasteiger partial charge in [-0.15, -0.1) is 0 Å². The van der Waals surface area contributed by atoms with Gasteiger partial charge in [-0.2, -0.15) is 0 Å². The van der Waals surface area contributed by atoms with Gasteiger partial charge in [0.2, 0.25) is 0 Å². The molecular formula is C64H52Br2P2. The van der Waals surface area contributed by atoms with Crippen molar-refractivity contribution in [3.63, 3.8) is 0 Å². The van der Waals surface area contributed by atoms with Crippen molar-refractivity contribution in [3.8, 4) is 0 Å². The molecule has 10 rings (SSSR count). The fraction of sp³-hybridized carbons (Fsp3) is 0.0312. The smallest absolute Gasteiger partial charge is 0.116 e. The molecule has 0 aliphatic carbocycles. The molecule has 0 N–H and O–H groups in total. The summed E-state index contributed by atoms with van der Waals surface area (Å²) >= 11 is 0. The van der Waals surface area contributed by atoms with Crippen molar-refractivity contribution in [3.05, 3.63) is 325 Å². The minimum absolute atomic E-state index is 0. The molecule has 0 heterocycles. The van der Waals surface area contributed by atoms with Crippen molar-refractivity contribution in [2.24, 2.45) is 0 Å². The molecule has 0 radical (unpaired) electrons. The highest BCUT2D eigenvalue weighted by Crippen LogP contribution is 2.59. The Balaban J connectivity index is 0.00000312. The second-order valence-electron chi connectivity index (χ2n) is 16.8. The summed E-state index contributed by atoms with van der Waals surface area (Å²) in [6.07, 6.45) is 1.84. The van der Waals surface area contributed by atoms with Gasteiger partial charge >= 0.3 is 0 Å². The van der Waals surface area contributed by atoms with Crippen LogP contribution in [0.25, 0.3) is 11.1 Å². The molecule has 68 heavy (non-hydrogen) atoms. The predicted octanol–water partition coefficient (Wildman–Crippen LogP) is 7.69. The Morgan fingerprint density at radius 3 is 0.588 bits per heavy atom. The third kappa shape index (κ3) is 9.98. The molecule has 0 saturated heterocycles. The first-order valence-corrected chi connectivity index (χ1v) is 26.8. The molecule has 0 aliphatic heterocycles. The van der Waals surface area contributed by atoms with Crippen LogP contribution in [0.3, 0.4) is 0 Å². The summed E-state index contributed by atoms with van der Waals surface area (Å²) in [7, 11) is -4.15. The molecular weight excluding hydrogens is 990 g/mol. The highest BCUT2D eigenvalue weighted by Gasteiger charge is 2.46. The standard InChI is InChI=1S/C64H52P2.2BrH/c1-9-25-53(26-10-1)63(55-45-41-51(42-46-55)49-65(57-29-13-3-14-30-57,58-31-15-4-16-32-58)59-33-17-5-18-34-59)64(54-27-11-2-12-28-54)56-47-43-52(44-48-56)50-66(60-35-19-6-20-36-60,61-37-21-7-22-38-61)62-39-23-8-24-40-62;;/h1-48H,49-50H2;2*1H/q+2;;/p-2/b64-63+;;. The van der Waals surface area contributed by atoms with Crippen molar-refractivity contribution in [1.29, 1.82) is 0 Å². The molecule has 10 aromatic carbocycles. The Morgan fingerprint density at radius 1 is 0.206 bits per heavy atom. The van der Waals surface area contributed by atoms with Crippen molar-refractivity contribution in [2.45, 2.75) is 12.3 Å². The van der Waals surface area contributed by atoms with Gasteiger partial charge in [-0.05, 0) is 117 Å². The average molecular weight is 1040 g/mol.